The van der Waals surface area contributed by atoms with Crippen LogP contribution in [0.2, 0.25) is 0 Å². The number of aromatic carboxylic acids is 1. The molecule has 2 amide bonds. The van der Waals surface area contributed by atoms with Gasteiger partial charge in [-0.3, -0.25) is 9.59 Å². The fourth-order valence-corrected chi connectivity index (χ4v) is 3.87. The summed E-state index contributed by atoms with van der Waals surface area (Å²) in [4.78, 5) is 37.2. The molecule has 0 aliphatic carbocycles. The van der Waals surface area contributed by atoms with Crippen molar-refractivity contribution in [1.29, 1.82) is 0 Å². The second-order valence-electron chi connectivity index (χ2n) is 5.73. The predicted octanol–water partition coefficient (Wildman–Crippen LogP) is 3.83. The van der Waals surface area contributed by atoms with Gasteiger partial charge in [-0.2, -0.15) is 13.2 Å². The van der Waals surface area contributed by atoms with E-state index in [1.54, 1.807) is 6.07 Å². The summed E-state index contributed by atoms with van der Waals surface area (Å²) >= 11 is 0.911. The summed E-state index contributed by atoms with van der Waals surface area (Å²) in [5, 5.41) is 8.30. The van der Waals surface area contributed by atoms with Crippen molar-refractivity contribution >= 4 is 35.2 Å². The molecule has 1 heterocycles. The lowest BCUT2D eigenvalue weighted by atomic mass is 10.2. The Bertz CT molecular complexity index is 929. The molecule has 140 valence electrons. The van der Waals surface area contributed by atoms with Crippen LogP contribution in [0.4, 0.5) is 18.9 Å². The Kier molecular flexibility index (Phi) is 4.97. The van der Waals surface area contributed by atoms with Gasteiger partial charge in [0.15, 0.2) is 0 Å². The van der Waals surface area contributed by atoms with E-state index in [2.05, 4.69) is 0 Å². The molecule has 0 spiro atoms. The monoisotopic (exact) mass is 395 g/mol. The third-order valence-corrected chi connectivity index (χ3v) is 5.19. The number of rotatable bonds is 4. The van der Waals surface area contributed by atoms with E-state index in [-0.39, 0.29) is 17.7 Å². The summed E-state index contributed by atoms with van der Waals surface area (Å²) in [7, 11) is 0. The van der Waals surface area contributed by atoms with Gasteiger partial charge >= 0.3 is 12.1 Å². The Hall–Kier alpha value is -2.81. The van der Waals surface area contributed by atoms with Gasteiger partial charge in [0.1, 0.15) is 0 Å². The lowest BCUT2D eigenvalue weighted by Gasteiger charge is -2.17. The lowest BCUT2D eigenvalue weighted by molar-refractivity contribution is -0.137. The first-order valence-electron chi connectivity index (χ1n) is 7.71. The van der Waals surface area contributed by atoms with Crippen molar-refractivity contribution in [2.24, 2.45) is 0 Å². The zero-order valence-corrected chi connectivity index (χ0v) is 14.4. The van der Waals surface area contributed by atoms with Crippen LogP contribution in [0.1, 0.15) is 22.3 Å². The number of alkyl halides is 3. The molecule has 1 aliphatic heterocycles. The van der Waals surface area contributed by atoms with Gasteiger partial charge in [0.2, 0.25) is 11.8 Å². The second-order valence-corrected chi connectivity index (χ2v) is 6.97. The van der Waals surface area contributed by atoms with Crippen molar-refractivity contribution in [1.82, 2.24) is 0 Å². The summed E-state index contributed by atoms with van der Waals surface area (Å²) in [5.74, 6) is -2.49. The summed E-state index contributed by atoms with van der Waals surface area (Å²) in [6.07, 6.45) is -4.83. The molecule has 0 bridgehead atoms. The number of imide groups is 1. The maximum Gasteiger partial charge on any atom is 0.416 e. The van der Waals surface area contributed by atoms with Crippen LogP contribution < -0.4 is 4.90 Å². The number of carboxylic acid groups (broad SMARTS) is 1. The average molecular weight is 395 g/mol. The Morgan fingerprint density at radius 3 is 2.48 bits per heavy atom. The standard InChI is InChI=1S/C18H12F3NO4S/c19-18(20,21)10-4-3-5-11(8-10)22-15(23)9-14(16(22)24)27-13-7-2-1-6-12(13)17(25)26/h1-8,14H,9H2,(H,25,26)/t14-/m1/s1. The van der Waals surface area contributed by atoms with Gasteiger partial charge in [-0.15, -0.1) is 11.8 Å². The average Bonchev–Trinajstić information content (AvgIpc) is 2.88. The quantitative estimate of drug-likeness (QED) is 0.797. The number of carbonyl (C=O) groups excluding carboxylic acids is 2. The number of thioether (sulfide) groups is 1. The zero-order valence-electron chi connectivity index (χ0n) is 13.6. The highest BCUT2D eigenvalue weighted by Gasteiger charge is 2.41. The van der Waals surface area contributed by atoms with Crippen molar-refractivity contribution in [2.75, 3.05) is 4.90 Å². The summed E-state index contributed by atoms with van der Waals surface area (Å²) < 4.78 is 38.7. The van der Waals surface area contributed by atoms with Crippen molar-refractivity contribution in [3.63, 3.8) is 0 Å². The molecule has 1 N–H and O–H groups in total. The Morgan fingerprint density at radius 1 is 1.11 bits per heavy atom. The van der Waals surface area contributed by atoms with Crippen LogP contribution in [0.3, 0.4) is 0 Å². The van der Waals surface area contributed by atoms with Crippen LogP contribution in [0.25, 0.3) is 0 Å². The van der Waals surface area contributed by atoms with Crippen LogP contribution >= 0.6 is 11.8 Å². The molecule has 0 saturated carbocycles. The van der Waals surface area contributed by atoms with Gasteiger partial charge in [-0.1, -0.05) is 18.2 Å². The van der Waals surface area contributed by atoms with Crippen LogP contribution in [-0.2, 0) is 15.8 Å². The Morgan fingerprint density at radius 2 is 1.81 bits per heavy atom. The van der Waals surface area contributed by atoms with E-state index < -0.39 is 34.8 Å². The van der Waals surface area contributed by atoms with E-state index in [1.165, 1.54) is 24.3 Å². The van der Waals surface area contributed by atoms with Crippen LogP contribution in [0.15, 0.2) is 53.4 Å². The molecule has 0 aromatic heterocycles. The number of anilines is 1. The number of hydrogen-bond acceptors (Lipinski definition) is 4. The van der Waals surface area contributed by atoms with Crippen molar-refractivity contribution in [3.8, 4) is 0 Å². The molecule has 1 fully saturated rings. The van der Waals surface area contributed by atoms with Crippen LogP contribution in [0, 0.1) is 0 Å². The van der Waals surface area contributed by atoms with Crippen LogP contribution in [-0.4, -0.2) is 28.1 Å². The minimum Gasteiger partial charge on any atom is -0.478 e. The molecule has 2 aromatic rings. The topological polar surface area (TPSA) is 74.7 Å². The van der Waals surface area contributed by atoms with Crippen molar-refractivity contribution < 1.29 is 32.7 Å². The molecule has 1 aliphatic rings. The smallest absolute Gasteiger partial charge is 0.416 e. The van der Waals surface area contributed by atoms with Crippen LogP contribution in [0.5, 0.6) is 0 Å². The van der Waals surface area contributed by atoms with E-state index in [1.807, 2.05) is 0 Å². The first kappa shape index (κ1) is 19.0. The second kappa shape index (κ2) is 7.07. The first-order chi connectivity index (χ1) is 12.7. The highest BCUT2D eigenvalue weighted by atomic mass is 32.2. The zero-order chi connectivity index (χ0) is 19.8. The molecular weight excluding hydrogens is 383 g/mol. The highest BCUT2D eigenvalue weighted by molar-refractivity contribution is 8.00. The van der Waals surface area contributed by atoms with Crippen molar-refractivity contribution in [2.45, 2.75) is 22.7 Å². The predicted molar refractivity (Wildman–Crippen MR) is 91.6 cm³/mol. The SMILES string of the molecule is O=C(O)c1ccccc1S[C@@H]1CC(=O)N(c2cccc(C(F)(F)F)c2)C1=O. The summed E-state index contributed by atoms with van der Waals surface area (Å²) in [6.45, 7) is 0. The third-order valence-electron chi connectivity index (χ3n) is 3.92. The minimum absolute atomic E-state index is 0.0136. The number of amides is 2. The Labute approximate surface area is 155 Å². The highest BCUT2D eigenvalue weighted by Crippen LogP contribution is 2.37. The number of benzene rings is 2. The Balaban J connectivity index is 1.87. The van der Waals surface area contributed by atoms with E-state index >= 15 is 0 Å². The molecule has 5 nitrogen and oxygen atoms in total. The molecule has 0 unspecified atom stereocenters. The maximum atomic E-state index is 12.9. The van der Waals surface area contributed by atoms with Gasteiger partial charge in [0, 0.05) is 11.3 Å². The number of carbonyl (C=O) groups is 3. The molecule has 9 heteroatoms. The molecule has 3 rings (SSSR count). The summed E-state index contributed by atoms with van der Waals surface area (Å²) in [5.41, 5.74) is -1.14. The van der Waals surface area contributed by atoms with Gasteiger partial charge in [0.05, 0.1) is 22.1 Å². The van der Waals surface area contributed by atoms with Gasteiger partial charge in [-0.25, -0.2) is 9.69 Å². The van der Waals surface area contributed by atoms with Gasteiger partial charge in [-0.05, 0) is 30.3 Å². The lowest BCUT2D eigenvalue weighted by Crippen LogP contribution is -2.31. The number of hydrogen-bond donors (Lipinski definition) is 1. The van der Waals surface area contributed by atoms with E-state index in [9.17, 15) is 32.7 Å². The fraction of sp³-hybridized carbons (Fsp3) is 0.167. The molecule has 1 saturated heterocycles. The number of carboxylic acids is 1. The van der Waals surface area contributed by atoms with Crippen molar-refractivity contribution in [3.05, 3.63) is 59.7 Å². The fourth-order valence-electron chi connectivity index (χ4n) is 2.69. The first-order valence-corrected chi connectivity index (χ1v) is 8.59. The molecular formula is C18H12F3NO4S. The summed E-state index contributed by atoms with van der Waals surface area (Å²) in [6, 6.07) is 9.99. The molecule has 2 aromatic carbocycles. The van der Waals surface area contributed by atoms with E-state index in [0.717, 1.165) is 34.9 Å². The molecule has 27 heavy (non-hydrogen) atoms. The number of nitrogens with zero attached hydrogens (tertiary/aromatic N) is 1. The largest absolute Gasteiger partial charge is 0.478 e. The maximum absolute atomic E-state index is 12.9. The normalized spacial score (nSPS) is 17.4. The van der Waals surface area contributed by atoms with Gasteiger partial charge < -0.3 is 5.11 Å². The third kappa shape index (κ3) is 3.82. The van der Waals surface area contributed by atoms with E-state index in [0.29, 0.717) is 4.90 Å². The number of halogens is 3. The molecule has 0 radical (unpaired) electrons. The minimum atomic E-state index is -4.60. The molecule has 1 atom stereocenters. The van der Waals surface area contributed by atoms with E-state index in [4.69, 9.17) is 0 Å². The van der Waals surface area contributed by atoms with Gasteiger partial charge in [0.25, 0.3) is 0 Å².